The average molecular weight is 396 g/mol. The summed E-state index contributed by atoms with van der Waals surface area (Å²) in [5.41, 5.74) is 3.25. The maximum absolute atomic E-state index is 11.5. The Balaban J connectivity index is 1.88. The zero-order chi connectivity index (χ0) is 21.2. The van der Waals surface area contributed by atoms with Gasteiger partial charge >= 0.3 is 11.6 Å². The number of benzene rings is 1. The van der Waals surface area contributed by atoms with Crippen LogP contribution in [-0.2, 0) is 4.79 Å². The summed E-state index contributed by atoms with van der Waals surface area (Å²) in [6, 6.07) is 8.55. The van der Waals surface area contributed by atoms with Gasteiger partial charge in [0.25, 0.3) is 0 Å². The number of aliphatic carboxylic acids is 1. The third-order valence-corrected chi connectivity index (χ3v) is 6.21. The predicted octanol–water partition coefficient (Wildman–Crippen LogP) is 5.35. The maximum atomic E-state index is 11.5. The van der Waals surface area contributed by atoms with E-state index >= 15 is 0 Å². The average Bonchev–Trinajstić information content (AvgIpc) is 2.65. The lowest BCUT2D eigenvalue weighted by molar-refractivity contribution is -0.137. The minimum absolute atomic E-state index is 0.109. The molecule has 0 saturated carbocycles. The first-order chi connectivity index (χ1) is 13.7. The van der Waals surface area contributed by atoms with Gasteiger partial charge in [-0.2, -0.15) is 0 Å². The molecule has 1 N–H and O–H groups in total. The van der Waals surface area contributed by atoms with Gasteiger partial charge in [0, 0.05) is 23.9 Å². The first-order valence-corrected chi connectivity index (χ1v) is 9.93. The molecule has 0 amide bonds. The first kappa shape index (κ1) is 20.9. The van der Waals surface area contributed by atoms with E-state index in [4.69, 9.17) is 9.15 Å². The molecule has 5 nitrogen and oxygen atoms in total. The largest absolute Gasteiger partial charge is 0.489 e. The van der Waals surface area contributed by atoms with Crippen molar-refractivity contribution in [1.82, 2.24) is 0 Å². The summed E-state index contributed by atoms with van der Waals surface area (Å²) in [4.78, 5) is 22.8. The van der Waals surface area contributed by atoms with Gasteiger partial charge in [0.15, 0.2) is 0 Å². The quantitative estimate of drug-likeness (QED) is 0.504. The van der Waals surface area contributed by atoms with E-state index in [-0.39, 0.29) is 17.8 Å². The highest BCUT2D eigenvalue weighted by molar-refractivity contribution is 5.77. The fraction of sp³-hybridized carbons (Fsp3) is 0.417. The third-order valence-electron chi connectivity index (χ3n) is 6.21. The second-order valence-electron chi connectivity index (χ2n) is 8.25. The fourth-order valence-electron chi connectivity index (χ4n) is 4.58. The lowest BCUT2D eigenvalue weighted by Gasteiger charge is -2.45. The number of allylic oxidation sites excluding steroid dienone is 2. The standard InChI is InChI=1S/C24H28O5/c1-15(2)19-9-5-16(3)20(24(19,4)12-11-22(25)26)14-28-18-8-6-17-7-10-23(27)29-21(17)13-18/h6-8,10,13,19H,1,5,9,11-12,14H2,2-4H3,(H,25,26)/t19-,24+/m0/s1. The number of rotatable bonds is 7. The summed E-state index contributed by atoms with van der Waals surface area (Å²) >= 11 is 0. The van der Waals surface area contributed by atoms with Gasteiger partial charge in [-0.25, -0.2) is 4.79 Å². The molecule has 5 heteroatoms. The van der Waals surface area contributed by atoms with E-state index in [0.717, 1.165) is 29.4 Å². The normalized spacial score (nSPS) is 22.0. The number of hydrogen-bond donors (Lipinski definition) is 1. The zero-order valence-corrected chi connectivity index (χ0v) is 17.3. The fourth-order valence-corrected chi connectivity index (χ4v) is 4.58. The molecule has 0 fully saturated rings. The molecular weight excluding hydrogens is 368 g/mol. The van der Waals surface area contributed by atoms with Crippen LogP contribution >= 0.6 is 0 Å². The van der Waals surface area contributed by atoms with Crippen LogP contribution in [0.25, 0.3) is 11.0 Å². The van der Waals surface area contributed by atoms with Gasteiger partial charge in [0.2, 0.25) is 0 Å². The Morgan fingerprint density at radius 1 is 1.34 bits per heavy atom. The van der Waals surface area contributed by atoms with Gasteiger partial charge in [-0.15, -0.1) is 0 Å². The molecule has 0 radical (unpaired) electrons. The van der Waals surface area contributed by atoms with Gasteiger partial charge < -0.3 is 14.3 Å². The van der Waals surface area contributed by atoms with Crippen LogP contribution in [0.15, 0.2) is 62.8 Å². The molecular formula is C24H28O5. The lowest BCUT2D eigenvalue weighted by atomic mass is 9.60. The van der Waals surface area contributed by atoms with Crippen molar-refractivity contribution >= 4 is 16.9 Å². The number of ether oxygens (including phenoxy) is 1. The van der Waals surface area contributed by atoms with Crippen molar-refractivity contribution in [3.63, 3.8) is 0 Å². The third kappa shape index (κ3) is 4.44. The molecule has 154 valence electrons. The molecule has 3 rings (SSSR count). The molecule has 0 aliphatic heterocycles. The Bertz CT molecular complexity index is 1030. The van der Waals surface area contributed by atoms with Crippen LogP contribution in [0.2, 0.25) is 0 Å². The molecule has 1 aliphatic rings. The summed E-state index contributed by atoms with van der Waals surface area (Å²) in [6.07, 6.45) is 2.58. The van der Waals surface area contributed by atoms with Crippen molar-refractivity contribution in [1.29, 1.82) is 0 Å². The van der Waals surface area contributed by atoms with Crippen LogP contribution in [0.5, 0.6) is 5.75 Å². The number of carboxylic acids is 1. The first-order valence-electron chi connectivity index (χ1n) is 9.93. The molecule has 29 heavy (non-hydrogen) atoms. The molecule has 0 saturated heterocycles. The Labute approximate surface area is 170 Å². The summed E-state index contributed by atoms with van der Waals surface area (Å²) in [6.45, 7) is 10.8. The smallest absolute Gasteiger partial charge is 0.336 e. The van der Waals surface area contributed by atoms with Gasteiger partial charge in [0.1, 0.15) is 17.9 Å². The summed E-state index contributed by atoms with van der Waals surface area (Å²) in [5.74, 6) is 0.0451. The highest BCUT2D eigenvalue weighted by Crippen LogP contribution is 2.50. The van der Waals surface area contributed by atoms with Gasteiger partial charge in [-0.3, -0.25) is 4.79 Å². The molecule has 1 aromatic carbocycles. The molecule has 1 aromatic heterocycles. The van der Waals surface area contributed by atoms with Crippen LogP contribution in [0.4, 0.5) is 0 Å². The Morgan fingerprint density at radius 3 is 2.76 bits per heavy atom. The van der Waals surface area contributed by atoms with E-state index in [1.54, 1.807) is 12.1 Å². The van der Waals surface area contributed by atoms with E-state index in [0.29, 0.717) is 24.4 Å². The molecule has 1 aliphatic carbocycles. The van der Waals surface area contributed by atoms with Crippen molar-refractivity contribution < 1.29 is 19.1 Å². The van der Waals surface area contributed by atoms with E-state index < -0.39 is 11.6 Å². The molecule has 0 bridgehead atoms. The second kappa shape index (κ2) is 8.27. The molecule has 0 unspecified atom stereocenters. The number of hydrogen-bond acceptors (Lipinski definition) is 4. The number of carboxylic acid groups (broad SMARTS) is 1. The van der Waals surface area contributed by atoms with Crippen LogP contribution in [0.3, 0.4) is 0 Å². The molecule has 2 atom stereocenters. The van der Waals surface area contributed by atoms with E-state index in [9.17, 15) is 14.7 Å². The van der Waals surface area contributed by atoms with E-state index in [2.05, 4.69) is 20.4 Å². The highest BCUT2D eigenvalue weighted by Gasteiger charge is 2.41. The zero-order valence-electron chi connectivity index (χ0n) is 17.3. The monoisotopic (exact) mass is 396 g/mol. The minimum Gasteiger partial charge on any atom is -0.489 e. The molecule has 0 spiro atoms. The van der Waals surface area contributed by atoms with Crippen molar-refractivity contribution in [3.8, 4) is 5.75 Å². The Morgan fingerprint density at radius 2 is 2.07 bits per heavy atom. The minimum atomic E-state index is -0.792. The molecule has 1 heterocycles. The van der Waals surface area contributed by atoms with Crippen LogP contribution < -0.4 is 10.4 Å². The number of fused-ring (bicyclic) bond motifs is 1. The van der Waals surface area contributed by atoms with Crippen LogP contribution in [0, 0.1) is 11.3 Å². The van der Waals surface area contributed by atoms with E-state index in [1.165, 1.54) is 11.6 Å². The SMILES string of the molecule is C=C(C)[C@@H]1CCC(C)=C(COc2ccc3ccc(=O)oc3c2)[C@]1(C)CCC(=O)O. The number of carbonyl (C=O) groups is 1. The van der Waals surface area contributed by atoms with Gasteiger partial charge in [-0.1, -0.05) is 24.6 Å². The van der Waals surface area contributed by atoms with E-state index in [1.807, 2.05) is 19.1 Å². The predicted molar refractivity (Wildman–Crippen MR) is 113 cm³/mol. The summed E-state index contributed by atoms with van der Waals surface area (Å²) in [5, 5.41) is 10.1. The highest BCUT2D eigenvalue weighted by atomic mass is 16.5. The van der Waals surface area contributed by atoms with Crippen molar-refractivity contribution in [3.05, 3.63) is 64.1 Å². The van der Waals surface area contributed by atoms with Crippen LogP contribution in [-0.4, -0.2) is 17.7 Å². The topological polar surface area (TPSA) is 76.7 Å². The van der Waals surface area contributed by atoms with Gasteiger partial charge in [0.05, 0.1) is 0 Å². The molecule has 2 aromatic rings. The van der Waals surface area contributed by atoms with Crippen molar-refractivity contribution in [2.75, 3.05) is 6.61 Å². The summed E-state index contributed by atoms with van der Waals surface area (Å²) in [7, 11) is 0. The lowest BCUT2D eigenvalue weighted by Crippen LogP contribution is -2.37. The Kier molecular flexibility index (Phi) is 5.96. The van der Waals surface area contributed by atoms with Crippen molar-refractivity contribution in [2.24, 2.45) is 11.3 Å². The van der Waals surface area contributed by atoms with Crippen LogP contribution in [0.1, 0.15) is 46.5 Å². The second-order valence-corrected chi connectivity index (χ2v) is 8.25. The van der Waals surface area contributed by atoms with Gasteiger partial charge in [-0.05, 0) is 68.2 Å². The maximum Gasteiger partial charge on any atom is 0.336 e. The Hall–Kier alpha value is -2.82. The van der Waals surface area contributed by atoms with Crippen molar-refractivity contribution in [2.45, 2.75) is 46.5 Å². The summed E-state index contributed by atoms with van der Waals surface area (Å²) < 4.78 is 11.3.